The van der Waals surface area contributed by atoms with E-state index in [1.807, 2.05) is 24.8 Å². The van der Waals surface area contributed by atoms with Crippen LogP contribution < -0.4 is 21.1 Å². The number of hydrogen-bond donors (Lipinski definition) is 3. The molecule has 2 unspecified atom stereocenters. The zero-order valence-electron chi connectivity index (χ0n) is 39.8. The van der Waals surface area contributed by atoms with E-state index in [2.05, 4.69) is 20.8 Å². The molecule has 0 spiro atoms. The van der Waals surface area contributed by atoms with E-state index < -0.39 is 47.5 Å². The Morgan fingerprint density at radius 2 is 1.55 bits per heavy atom. The molecule has 0 radical (unpaired) electrons. The SMILES string of the molecule is CC(Oc1cc(C(=O)Nc2ccc(C(=O)N3C[C@@H](C)N(C(=O)CCCCCCCCCCCSc4cccc5c4C(=O)N(C4CCC(=O)NC4=O)C5=O)[C@@H](C)C3)cc2)nnc1N)c1c(Cl)ccc(F)c1Cl. The molecule has 0 bridgehead atoms. The van der Waals surface area contributed by atoms with Gasteiger partial charge >= 0.3 is 0 Å². The number of piperazine rings is 1. The fourth-order valence-electron chi connectivity index (χ4n) is 9.34. The van der Waals surface area contributed by atoms with Crippen molar-refractivity contribution in [2.45, 2.75) is 127 Å². The summed E-state index contributed by atoms with van der Waals surface area (Å²) in [4.78, 5) is 96.1. The monoisotopic (exact) mass is 1030 g/mol. The summed E-state index contributed by atoms with van der Waals surface area (Å²) in [6.07, 6.45) is 9.07. The molecule has 4 heterocycles. The first-order valence-electron chi connectivity index (χ1n) is 24.0. The number of piperidine rings is 1. The zero-order chi connectivity index (χ0) is 50.9. The van der Waals surface area contributed by atoms with Gasteiger partial charge in [0.05, 0.1) is 16.1 Å². The van der Waals surface area contributed by atoms with Crippen molar-refractivity contribution in [1.29, 1.82) is 0 Å². The smallest absolute Gasteiger partial charge is 0.276 e. The topological polar surface area (TPSA) is 214 Å². The lowest BCUT2D eigenvalue weighted by Gasteiger charge is -2.44. The minimum atomic E-state index is -0.983. The maximum atomic E-state index is 14.1. The number of carbonyl (C=O) groups excluding carboxylic acids is 7. The van der Waals surface area contributed by atoms with Gasteiger partial charge in [0.2, 0.25) is 17.7 Å². The molecule has 16 nitrogen and oxygen atoms in total. The minimum absolute atomic E-state index is 0.0153. The van der Waals surface area contributed by atoms with Crippen LogP contribution in [-0.2, 0) is 14.4 Å². The van der Waals surface area contributed by atoms with Gasteiger partial charge in [0, 0.05) is 70.8 Å². The van der Waals surface area contributed by atoms with Gasteiger partial charge in [-0.2, -0.15) is 0 Å². The third-order valence-electron chi connectivity index (χ3n) is 12.9. The summed E-state index contributed by atoms with van der Waals surface area (Å²) in [5.41, 5.74) is 7.53. The van der Waals surface area contributed by atoms with E-state index in [9.17, 15) is 38.0 Å². The van der Waals surface area contributed by atoms with Crippen molar-refractivity contribution in [3.05, 3.63) is 104 Å². The highest BCUT2D eigenvalue weighted by Crippen LogP contribution is 2.37. The molecule has 3 aliphatic rings. The number of benzene rings is 3. The number of fused-ring (bicyclic) bond motifs is 1. The standard InChI is InChI=1S/C51H57Cl2FN8O8S/c1-29-27-60(49(67)32-17-19-33(20-18-32)56-47(65)37-26-39(46(55)59-58-37)70-31(3)43-35(52)21-22-36(54)45(43)53)28-30(2)61(29)42(64)16-11-9-7-5-4-6-8-10-12-25-71-40-15-13-14-34-44(40)51(69)62(50(34)68)38-23-24-41(63)57-48(38)66/h13-15,17-22,26,29-31,38H,4-12,16,23-25,27-28H2,1-3H3,(H2,55,59)(H,56,65)(H,57,63,66)/t29-,30+,31?,38?. The molecular weight excluding hydrogens is 975 g/mol. The highest BCUT2D eigenvalue weighted by Gasteiger charge is 2.45. The molecule has 4 atom stereocenters. The quantitative estimate of drug-likeness (QED) is 0.0327. The van der Waals surface area contributed by atoms with Crippen molar-refractivity contribution < 1.29 is 42.7 Å². The fourth-order valence-corrected chi connectivity index (χ4v) is 11.1. The molecular formula is C51H57Cl2FN8O8S. The number of thioether (sulfide) groups is 1. The van der Waals surface area contributed by atoms with Gasteiger partial charge in [0.15, 0.2) is 17.3 Å². The first kappa shape index (κ1) is 52.7. The highest BCUT2D eigenvalue weighted by atomic mass is 35.5. The molecule has 2 fully saturated rings. The number of anilines is 2. The summed E-state index contributed by atoms with van der Waals surface area (Å²) in [5, 5.41) is 12.7. The Morgan fingerprint density at radius 1 is 0.887 bits per heavy atom. The van der Waals surface area contributed by atoms with Gasteiger partial charge in [-0.25, -0.2) is 4.39 Å². The summed E-state index contributed by atoms with van der Waals surface area (Å²) in [6.45, 7) is 6.30. The predicted octanol–water partition coefficient (Wildman–Crippen LogP) is 9.05. The van der Waals surface area contributed by atoms with Crippen LogP contribution in [-0.4, -0.2) is 103 Å². The van der Waals surface area contributed by atoms with Gasteiger partial charge in [-0.05, 0) is 94.3 Å². The van der Waals surface area contributed by atoms with Gasteiger partial charge in [-0.15, -0.1) is 22.0 Å². The third-order valence-corrected chi connectivity index (χ3v) is 14.8. The second-order valence-electron chi connectivity index (χ2n) is 18.1. The van der Waals surface area contributed by atoms with E-state index in [-0.39, 0.29) is 69.6 Å². The molecule has 4 N–H and O–H groups in total. The lowest BCUT2D eigenvalue weighted by Crippen LogP contribution is -2.59. The number of nitrogens with two attached hydrogens (primary N) is 1. The first-order chi connectivity index (χ1) is 34.0. The number of rotatable bonds is 20. The van der Waals surface area contributed by atoms with Gasteiger partial charge in [0.25, 0.3) is 23.6 Å². The number of nitrogens with one attached hydrogen (secondary N) is 2. The molecule has 71 heavy (non-hydrogen) atoms. The number of nitrogen functional groups attached to an aromatic ring is 1. The van der Waals surface area contributed by atoms with Gasteiger partial charge < -0.3 is 25.6 Å². The Bertz CT molecular complexity index is 2680. The second kappa shape index (κ2) is 23.9. The Kier molecular flexibility index (Phi) is 17.7. The number of imide groups is 2. The summed E-state index contributed by atoms with van der Waals surface area (Å²) >= 11 is 13.9. The minimum Gasteiger partial charge on any atom is -0.482 e. The summed E-state index contributed by atoms with van der Waals surface area (Å²) in [5.74, 6) is -2.66. The van der Waals surface area contributed by atoms with Gasteiger partial charge in [-0.3, -0.25) is 43.8 Å². The van der Waals surface area contributed by atoms with E-state index in [1.165, 1.54) is 12.1 Å². The molecule has 2 saturated heterocycles. The molecule has 1 aromatic heterocycles. The number of unbranched alkanes of at least 4 members (excludes halogenated alkanes) is 8. The number of halogens is 3. The summed E-state index contributed by atoms with van der Waals surface area (Å²) < 4.78 is 20.0. The lowest BCUT2D eigenvalue weighted by atomic mass is 10.0. The van der Waals surface area contributed by atoms with Crippen LogP contribution in [0.15, 0.2) is 65.6 Å². The van der Waals surface area contributed by atoms with Crippen molar-refractivity contribution in [3.8, 4) is 5.75 Å². The normalized spacial score (nSPS) is 18.3. The van der Waals surface area contributed by atoms with Crippen LogP contribution in [0.5, 0.6) is 5.75 Å². The van der Waals surface area contributed by atoms with E-state index >= 15 is 0 Å². The molecule has 0 saturated carbocycles. The van der Waals surface area contributed by atoms with Crippen molar-refractivity contribution in [2.75, 3.05) is 29.9 Å². The Balaban J connectivity index is 0.764. The van der Waals surface area contributed by atoms with Crippen molar-refractivity contribution in [3.63, 3.8) is 0 Å². The number of aromatic nitrogens is 2. The van der Waals surface area contributed by atoms with Crippen LogP contribution in [0.4, 0.5) is 15.9 Å². The fraction of sp³-hybridized carbons (Fsp3) is 0.431. The molecule has 7 rings (SSSR count). The van der Waals surface area contributed by atoms with Crippen LogP contribution in [0.2, 0.25) is 10.0 Å². The van der Waals surface area contributed by atoms with E-state index in [1.54, 1.807) is 60.0 Å². The van der Waals surface area contributed by atoms with Crippen LogP contribution in [0, 0.1) is 5.82 Å². The summed E-state index contributed by atoms with van der Waals surface area (Å²) in [6, 6.07) is 14.2. The largest absolute Gasteiger partial charge is 0.482 e. The van der Waals surface area contributed by atoms with Gasteiger partial charge in [0.1, 0.15) is 18.0 Å². The molecule has 3 aromatic carbocycles. The lowest BCUT2D eigenvalue weighted by molar-refractivity contribution is -0.139. The van der Waals surface area contributed by atoms with Gasteiger partial charge in [-0.1, -0.05) is 74.2 Å². The van der Waals surface area contributed by atoms with Crippen molar-refractivity contribution in [1.82, 2.24) is 30.2 Å². The van der Waals surface area contributed by atoms with Crippen LogP contribution >= 0.6 is 35.0 Å². The molecule has 376 valence electrons. The molecule has 3 aliphatic heterocycles. The Morgan fingerprint density at radius 3 is 2.23 bits per heavy atom. The summed E-state index contributed by atoms with van der Waals surface area (Å²) in [7, 11) is 0. The van der Waals surface area contributed by atoms with E-state index in [0.717, 1.165) is 79.4 Å². The van der Waals surface area contributed by atoms with Crippen molar-refractivity contribution >= 4 is 87.8 Å². The zero-order valence-corrected chi connectivity index (χ0v) is 42.1. The van der Waals surface area contributed by atoms with Crippen LogP contribution in [0.1, 0.15) is 151 Å². The average Bonchev–Trinajstić information content (AvgIpc) is 3.59. The second-order valence-corrected chi connectivity index (χ2v) is 20.1. The maximum Gasteiger partial charge on any atom is 0.276 e. The molecule has 0 aliphatic carbocycles. The molecule has 20 heteroatoms. The highest BCUT2D eigenvalue weighted by molar-refractivity contribution is 7.99. The molecule has 7 amide bonds. The van der Waals surface area contributed by atoms with Crippen LogP contribution in [0.3, 0.4) is 0 Å². The Labute approximate surface area is 425 Å². The van der Waals surface area contributed by atoms with E-state index in [4.69, 9.17) is 33.7 Å². The van der Waals surface area contributed by atoms with Crippen LogP contribution in [0.25, 0.3) is 0 Å². The van der Waals surface area contributed by atoms with Crippen molar-refractivity contribution in [2.24, 2.45) is 0 Å². The van der Waals surface area contributed by atoms with E-state index in [0.29, 0.717) is 41.9 Å². The number of hydrogen-bond acceptors (Lipinski definition) is 12. The predicted molar refractivity (Wildman–Crippen MR) is 268 cm³/mol. The number of nitrogens with zero attached hydrogens (tertiary/aromatic N) is 5. The molecule has 4 aromatic rings. The Hall–Kier alpha value is -6.11. The number of amides is 7. The first-order valence-corrected chi connectivity index (χ1v) is 25.7. The number of carbonyl (C=O) groups is 7. The average molecular weight is 1030 g/mol. The maximum absolute atomic E-state index is 14.1. The number of ether oxygens (including phenoxy) is 1. The third kappa shape index (κ3) is 12.5.